The molecule has 3 unspecified atom stereocenters. The van der Waals surface area contributed by atoms with E-state index in [1.54, 1.807) is 13.8 Å². The summed E-state index contributed by atoms with van der Waals surface area (Å²) in [6, 6.07) is -0.710. The first-order valence-electron chi connectivity index (χ1n) is 12.8. The third kappa shape index (κ3) is 3.76. The van der Waals surface area contributed by atoms with Gasteiger partial charge >= 0.3 is 6.09 Å². The molecule has 8 heteroatoms. The van der Waals surface area contributed by atoms with Gasteiger partial charge in [0.2, 0.25) is 5.91 Å². The van der Waals surface area contributed by atoms with Crippen molar-refractivity contribution in [2.24, 2.45) is 33.7 Å². The van der Waals surface area contributed by atoms with E-state index in [1.807, 2.05) is 6.92 Å². The van der Waals surface area contributed by atoms with Crippen molar-refractivity contribution in [3.8, 4) is 0 Å². The Morgan fingerprint density at radius 1 is 1.24 bits per heavy atom. The zero-order chi connectivity index (χ0) is 24.9. The number of alkyl halides is 1. The Kier molecular flexibility index (Phi) is 6.60. The molecule has 3 saturated carbocycles. The molecular weight excluding hydrogens is 437 g/mol. The molecular formula is C26H40FN3O4. The fourth-order valence-corrected chi connectivity index (χ4v) is 8.11. The average Bonchev–Trinajstić information content (AvgIpc) is 3.00. The molecule has 4 aliphatic rings. The number of amides is 2. The molecule has 0 saturated heterocycles. The van der Waals surface area contributed by atoms with Gasteiger partial charge < -0.3 is 15.2 Å². The van der Waals surface area contributed by atoms with Crippen LogP contribution in [0.4, 0.5) is 9.18 Å². The van der Waals surface area contributed by atoms with Gasteiger partial charge in [-0.15, -0.1) is 0 Å². The number of ether oxygens (including phenoxy) is 1. The molecule has 4 rings (SSSR count). The van der Waals surface area contributed by atoms with Gasteiger partial charge in [0, 0.05) is 12.3 Å². The summed E-state index contributed by atoms with van der Waals surface area (Å²) in [5.74, 6) is 0.550. The quantitative estimate of drug-likeness (QED) is 0.320. The Labute approximate surface area is 202 Å². The van der Waals surface area contributed by atoms with Crippen molar-refractivity contribution in [1.82, 2.24) is 10.7 Å². The lowest BCUT2D eigenvalue weighted by molar-refractivity contribution is -0.120. The molecule has 0 aliphatic heterocycles. The Hall–Kier alpha value is -1.96. The number of halogens is 1. The second kappa shape index (κ2) is 8.92. The number of nitrogens with zero attached hydrogens (tertiary/aromatic N) is 1. The van der Waals surface area contributed by atoms with E-state index >= 15 is 4.39 Å². The first-order chi connectivity index (χ1) is 16.0. The summed E-state index contributed by atoms with van der Waals surface area (Å²) in [5.41, 5.74) is 1.29. The lowest BCUT2D eigenvalue weighted by Gasteiger charge is -2.58. The fourth-order valence-electron chi connectivity index (χ4n) is 8.11. The van der Waals surface area contributed by atoms with Crippen LogP contribution in [0.5, 0.6) is 0 Å². The Morgan fingerprint density at radius 2 is 1.97 bits per heavy atom. The molecule has 0 spiro atoms. The maximum atomic E-state index is 17.3. The summed E-state index contributed by atoms with van der Waals surface area (Å²) < 4.78 is 22.2. The minimum absolute atomic E-state index is 0.0448. The molecule has 0 aromatic carbocycles. The first kappa shape index (κ1) is 25.1. The van der Waals surface area contributed by atoms with Crippen LogP contribution < -0.4 is 10.7 Å². The first-order valence-corrected chi connectivity index (χ1v) is 12.8. The summed E-state index contributed by atoms with van der Waals surface area (Å²) in [6.45, 7) is 9.25. The number of carbonyl (C=O) groups is 2. The molecule has 0 aromatic heterocycles. The third-order valence-corrected chi connectivity index (χ3v) is 9.76. The number of hydrogen-bond donors (Lipinski definition) is 3. The summed E-state index contributed by atoms with van der Waals surface area (Å²) in [6.07, 6.45) is 6.85. The standard InChI is InChI=1S/C26H40FN3O4/c1-6-34-23(33)30-29-15(2)26(27)22(28-16(3)31)14-21-19-8-7-17-13-18(32)9-11-24(17,4)20(19)10-12-25(21,26)5/h7,18-22,32H,6,8-14H2,1-5H3,(H,28,31)(H,30,33)/t18-,19?,20?,21?,22+,24-,25-,26+/m0/s1. The van der Waals surface area contributed by atoms with Crippen molar-refractivity contribution < 1.29 is 23.8 Å². The molecule has 8 atom stereocenters. The third-order valence-electron chi connectivity index (χ3n) is 9.76. The minimum atomic E-state index is -1.89. The van der Waals surface area contributed by atoms with Crippen LogP contribution in [0.1, 0.15) is 79.6 Å². The van der Waals surface area contributed by atoms with Gasteiger partial charge in [-0.05, 0) is 82.0 Å². The number of nitrogens with one attached hydrogen (secondary N) is 2. The molecule has 3 fully saturated rings. The van der Waals surface area contributed by atoms with Crippen LogP contribution in [0, 0.1) is 28.6 Å². The monoisotopic (exact) mass is 477 g/mol. The molecule has 2 amide bonds. The molecule has 0 aromatic rings. The van der Waals surface area contributed by atoms with Crippen molar-refractivity contribution in [3.05, 3.63) is 11.6 Å². The van der Waals surface area contributed by atoms with Crippen molar-refractivity contribution >= 4 is 17.7 Å². The largest absolute Gasteiger partial charge is 0.449 e. The number of hydrogen-bond acceptors (Lipinski definition) is 5. The van der Waals surface area contributed by atoms with Crippen molar-refractivity contribution in [1.29, 1.82) is 0 Å². The van der Waals surface area contributed by atoms with Crippen LogP contribution in [-0.2, 0) is 9.53 Å². The maximum Gasteiger partial charge on any atom is 0.427 e. The predicted octanol–water partition coefficient (Wildman–Crippen LogP) is 4.26. The highest BCUT2D eigenvalue weighted by atomic mass is 19.1. The fraction of sp³-hybridized carbons (Fsp3) is 0.808. The van der Waals surface area contributed by atoms with Crippen LogP contribution in [0.15, 0.2) is 16.8 Å². The second-order valence-electron chi connectivity index (χ2n) is 11.3. The Morgan fingerprint density at radius 3 is 2.65 bits per heavy atom. The number of allylic oxidation sites excluding steroid dienone is 1. The lowest BCUT2D eigenvalue weighted by Crippen LogP contribution is -2.60. The molecule has 0 bridgehead atoms. The minimum Gasteiger partial charge on any atom is -0.449 e. The lowest BCUT2D eigenvalue weighted by atomic mass is 9.47. The molecule has 0 radical (unpaired) electrons. The summed E-state index contributed by atoms with van der Waals surface area (Å²) in [7, 11) is 0. The van der Waals surface area contributed by atoms with Crippen LogP contribution in [0.3, 0.4) is 0 Å². The highest BCUT2D eigenvalue weighted by Crippen LogP contribution is 2.68. The van der Waals surface area contributed by atoms with E-state index in [9.17, 15) is 14.7 Å². The molecule has 7 nitrogen and oxygen atoms in total. The van der Waals surface area contributed by atoms with Crippen LogP contribution >= 0.6 is 0 Å². The van der Waals surface area contributed by atoms with Gasteiger partial charge in [0.25, 0.3) is 0 Å². The van der Waals surface area contributed by atoms with Gasteiger partial charge in [0.05, 0.1) is 24.5 Å². The molecule has 190 valence electrons. The predicted molar refractivity (Wildman–Crippen MR) is 128 cm³/mol. The van der Waals surface area contributed by atoms with E-state index in [-0.39, 0.29) is 35.7 Å². The number of carbonyl (C=O) groups excluding carboxylic acids is 2. The van der Waals surface area contributed by atoms with Gasteiger partial charge in [-0.1, -0.05) is 25.5 Å². The van der Waals surface area contributed by atoms with Crippen LogP contribution in [-0.4, -0.2) is 47.2 Å². The Balaban J connectivity index is 1.69. The Bertz CT molecular complexity index is 906. The average molecular weight is 478 g/mol. The van der Waals surface area contributed by atoms with Gasteiger partial charge in [0.1, 0.15) is 0 Å². The molecule has 3 N–H and O–H groups in total. The number of hydrazone groups is 1. The normalized spacial score (nSPS) is 43.7. The molecule has 0 heterocycles. The zero-order valence-electron chi connectivity index (χ0n) is 21.1. The van der Waals surface area contributed by atoms with E-state index in [4.69, 9.17) is 4.74 Å². The van der Waals surface area contributed by atoms with Crippen molar-refractivity contribution in [3.63, 3.8) is 0 Å². The van der Waals surface area contributed by atoms with E-state index in [2.05, 4.69) is 28.8 Å². The second-order valence-corrected chi connectivity index (χ2v) is 11.3. The van der Waals surface area contributed by atoms with Gasteiger partial charge in [0.15, 0.2) is 5.67 Å². The van der Waals surface area contributed by atoms with E-state index < -0.39 is 23.2 Å². The van der Waals surface area contributed by atoms with Crippen molar-refractivity contribution in [2.75, 3.05) is 6.61 Å². The van der Waals surface area contributed by atoms with Crippen LogP contribution in [0.25, 0.3) is 0 Å². The van der Waals surface area contributed by atoms with E-state index in [1.165, 1.54) is 12.5 Å². The van der Waals surface area contributed by atoms with Crippen molar-refractivity contribution in [2.45, 2.75) is 97.4 Å². The van der Waals surface area contributed by atoms with Gasteiger partial charge in [-0.3, -0.25) is 4.79 Å². The van der Waals surface area contributed by atoms with Crippen LogP contribution in [0.2, 0.25) is 0 Å². The smallest absolute Gasteiger partial charge is 0.427 e. The molecule has 4 aliphatic carbocycles. The van der Waals surface area contributed by atoms with E-state index in [0.717, 1.165) is 32.1 Å². The van der Waals surface area contributed by atoms with Gasteiger partial charge in [-0.25, -0.2) is 14.6 Å². The maximum absolute atomic E-state index is 17.3. The zero-order valence-corrected chi connectivity index (χ0v) is 21.1. The topological polar surface area (TPSA) is 100 Å². The number of fused-ring (bicyclic) bond motifs is 5. The highest BCUT2D eigenvalue weighted by Gasteiger charge is 2.70. The summed E-state index contributed by atoms with van der Waals surface area (Å²) >= 11 is 0. The SMILES string of the molecule is CCOC(=O)NN=C(C)[C@@]1(F)[C@H](NC(C)=O)CC2C3CC=C4C[C@@H](O)CC[C@]4(C)C3CC[C@@]21C. The summed E-state index contributed by atoms with van der Waals surface area (Å²) in [5, 5.41) is 17.2. The number of aliphatic hydroxyl groups is 1. The summed E-state index contributed by atoms with van der Waals surface area (Å²) in [4.78, 5) is 23.9. The molecule has 34 heavy (non-hydrogen) atoms. The van der Waals surface area contributed by atoms with Gasteiger partial charge in [-0.2, -0.15) is 5.10 Å². The highest BCUT2D eigenvalue weighted by molar-refractivity contribution is 5.94. The van der Waals surface area contributed by atoms with E-state index in [0.29, 0.717) is 24.7 Å². The number of rotatable bonds is 4. The number of aliphatic hydroxyl groups excluding tert-OH is 1.